The second-order valence-corrected chi connectivity index (χ2v) is 5.75. The van der Waals surface area contributed by atoms with E-state index in [0.29, 0.717) is 7.11 Å². The van der Waals surface area contributed by atoms with Crippen molar-refractivity contribution in [1.29, 1.82) is 0 Å². The Morgan fingerprint density at radius 3 is 1.17 bits per heavy atom. The van der Waals surface area contributed by atoms with Crippen molar-refractivity contribution in [3.63, 3.8) is 0 Å². The summed E-state index contributed by atoms with van der Waals surface area (Å²) in [5.74, 6) is 1.08. The number of unbranched alkanes of at least 4 members (excludes halogenated alkanes) is 1. The molecule has 1 aliphatic rings. The lowest BCUT2D eigenvalue weighted by Gasteiger charge is -1.97. The maximum Gasteiger partial charge on any atom is 0.522 e. The molecule has 0 unspecified atom stereocenters. The van der Waals surface area contributed by atoms with Gasteiger partial charge in [0.25, 0.3) is 0 Å². The first-order valence-electron chi connectivity index (χ1n) is 9.87. The monoisotopic (exact) mass is 460 g/mol. The van der Waals surface area contributed by atoms with Crippen LogP contribution >= 0.6 is 0 Å². The molecule has 0 amide bonds. The number of hydrogen-bond donors (Lipinski definition) is 0. The van der Waals surface area contributed by atoms with E-state index in [4.69, 9.17) is 9.47 Å². The molecular formula is C20H45F5O5. The first-order chi connectivity index (χ1) is 14.0. The van der Waals surface area contributed by atoms with Crippen molar-refractivity contribution in [2.75, 3.05) is 55.4 Å². The lowest BCUT2D eigenvalue weighted by atomic mass is 10.4. The highest BCUT2D eigenvalue weighted by atomic mass is 19.4. The van der Waals surface area contributed by atoms with Crippen molar-refractivity contribution in [2.24, 2.45) is 5.92 Å². The number of rotatable bonds is 7. The van der Waals surface area contributed by atoms with Crippen molar-refractivity contribution in [3.05, 3.63) is 0 Å². The molecule has 1 saturated carbocycles. The van der Waals surface area contributed by atoms with Gasteiger partial charge in [0.05, 0.1) is 0 Å². The molecule has 0 spiro atoms. The maximum atomic E-state index is 10.6. The Hall–Kier alpha value is -0.550. The Kier molecular flexibility index (Phi) is 47.7. The molecule has 0 saturated heterocycles. The predicted molar refractivity (Wildman–Crippen MR) is 111 cm³/mol. The number of ether oxygens (including phenoxy) is 5. The molecule has 0 N–H and O–H groups in total. The first-order valence-corrected chi connectivity index (χ1v) is 9.87. The number of halogens is 5. The fourth-order valence-corrected chi connectivity index (χ4v) is 0.659. The maximum absolute atomic E-state index is 10.6. The highest BCUT2D eigenvalue weighted by Crippen LogP contribution is 2.26. The van der Waals surface area contributed by atoms with E-state index >= 15 is 0 Å². The van der Waals surface area contributed by atoms with E-state index in [0.717, 1.165) is 39.3 Å². The minimum absolute atomic E-state index is 0.583. The Morgan fingerprint density at radius 2 is 1.13 bits per heavy atom. The van der Waals surface area contributed by atoms with Crippen molar-refractivity contribution >= 4 is 0 Å². The fourth-order valence-electron chi connectivity index (χ4n) is 0.659. The largest absolute Gasteiger partial charge is 0.522 e. The van der Waals surface area contributed by atoms with Crippen LogP contribution < -0.4 is 0 Å². The summed E-state index contributed by atoms with van der Waals surface area (Å²) in [5, 5.41) is 0. The summed E-state index contributed by atoms with van der Waals surface area (Å²) in [5.41, 5.74) is 0. The molecular weight excluding hydrogens is 415 g/mol. The first kappa shape index (κ1) is 39.9. The van der Waals surface area contributed by atoms with Gasteiger partial charge in [-0.05, 0) is 25.7 Å². The van der Waals surface area contributed by atoms with Gasteiger partial charge >= 0.3 is 13.0 Å². The highest BCUT2D eigenvalue weighted by Gasteiger charge is 2.25. The molecule has 5 nitrogen and oxygen atoms in total. The van der Waals surface area contributed by atoms with Gasteiger partial charge in [0.2, 0.25) is 0 Å². The Morgan fingerprint density at radius 1 is 0.800 bits per heavy atom. The van der Waals surface area contributed by atoms with Crippen LogP contribution in [0.15, 0.2) is 0 Å². The van der Waals surface area contributed by atoms with E-state index < -0.39 is 13.0 Å². The summed E-state index contributed by atoms with van der Waals surface area (Å²) < 4.78 is 73.1. The van der Waals surface area contributed by atoms with E-state index in [2.05, 4.69) is 35.0 Å². The minimum Gasteiger partial charge on any atom is -0.385 e. The number of methoxy groups -OCH3 is 5. The van der Waals surface area contributed by atoms with Crippen LogP contribution in [0, 0.1) is 5.92 Å². The van der Waals surface area contributed by atoms with Crippen molar-refractivity contribution < 1.29 is 45.6 Å². The standard InChI is InChI=1S/C5H12O.C4H10O.C4H8.C3H8O.C2H3F3O.C2H4F2O/c1-3-4-5-6-2;1-3-4-5-2;1-4-2-3-4;1-3-4-2;1-6-2(3,4)5;1-5-2(3)4/h3-5H2,1-2H3;3-4H2,1-2H3;4H,2-3H2,1H3;3H2,1-2H3;1H3;2H,1H3. The van der Waals surface area contributed by atoms with Crippen LogP contribution in [-0.2, 0) is 23.7 Å². The summed E-state index contributed by atoms with van der Waals surface area (Å²) >= 11 is 0. The van der Waals surface area contributed by atoms with Gasteiger partial charge in [0, 0.05) is 55.4 Å². The Balaban J connectivity index is -0.0000000838. The normalized spacial score (nSPS) is 11.7. The summed E-state index contributed by atoms with van der Waals surface area (Å²) in [6.07, 6.45) is 2.06. The zero-order chi connectivity index (χ0) is 24.8. The molecule has 30 heavy (non-hydrogen) atoms. The molecule has 0 bridgehead atoms. The summed E-state index contributed by atoms with van der Waals surface area (Å²) in [6, 6.07) is 0. The van der Waals surface area contributed by atoms with E-state index in [9.17, 15) is 22.0 Å². The average Bonchev–Trinajstić information content (AvgIpc) is 3.50. The molecule has 0 radical (unpaired) electrons. The Bertz CT molecular complexity index is 246. The summed E-state index contributed by atoms with van der Waals surface area (Å²) in [4.78, 5) is 0. The second-order valence-electron chi connectivity index (χ2n) is 5.75. The SMILES string of the molecule is CC1CC1.CCCCOC.CCCOC.CCOC.COC(F)(F)F.COC(F)F. The summed E-state index contributed by atoms with van der Waals surface area (Å²) in [6.45, 7) is 8.48. The number of hydrogen-bond acceptors (Lipinski definition) is 5. The summed E-state index contributed by atoms with van der Waals surface area (Å²) in [7, 11) is 6.66. The van der Waals surface area contributed by atoms with Gasteiger partial charge in [-0.15, -0.1) is 13.2 Å². The quantitative estimate of drug-likeness (QED) is 0.318. The molecule has 1 rings (SSSR count). The lowest BCUT2D eigenvalue weighted by Crippen LogP contribution is -2.08. The van der Waals surface area contributed by atoms with Crippen LogP contribution in [0.3, 0.4) is 0 Å². The molecule has 0 atom stereocenters. The van der Waals surface area contributed by atoms with E-state index in [1.807, 2.05) is 6.92 Å². The predicted octanol–water partition coefficient (Wildman–Crippen LogP) is 6.55. The molecule has 0 aromatic heterocycles. The van der Waals surface area contributed by atoms with Crippen LogP contribution in [0.5, 0.6) is 0 Å². The molecule has 0 aliphatic heterocycles. The number of alkyl halides is 5. The molecule has 190 valence electrons. The van der Waals surface area contributed by atoms with Crippen LogP contribution in [0.4, 0.5) is 22.0 Å². The van der Waals surface area contributed by atoms with Gasteiger partial charge in [0.1, 0.15) is 0 Å². The van der Waals surface area contributed by atoms with Crippen LogP contribution in [-0.4, -0.2) is 68.3 Å². The highest BCUT2D eigenvalue weighted by molar-refractivity contribution is 4.65. The molecule has 0 aromatic rings. The third-order valence-electron chi connectivity index (χ3n) is 2.67. The molecule has 0 aromatic carbocycles. The van der Waals surface area contributed by atoms with Gasteiger partial charge < -0.3 is 18.9 Å². The van der Waals surface area contributed by atoms with Crippen LogP contribution in [0.25, 0.3) is 0 Å². The van der Waals surface area contributed by atoms with E-state index in [1.54, 1.807) is 21.3 Å². The molecule has 1 aliphatic carbocycles. The van der Waals surface area contributed by atoms with Crippen molar-refractivity contribution in [3.8, 4) is 0 Å². The Labute approximate surface area is 180 Å². The topological polar surface area (TPSA) is 46.2 Å². The van der Waals surface area contributed by atoms with Gasteiger partial charge in [-0.1, -0.05) is 40.0 Å². The molecule has 1 fully saturated rings. The average molecular weight is 461 g/mol. The van der Waals surface area contributed by atoms with E-state index in [-0.39, 0.29) is 0 Å². The molecule has 0 heterocycles. The van der Waals surface area contributed by atoms with Crippen molar-refractivity contribution in [2.45, 2.75) is 72.8 Å². The third-order valence-corrected chi connectivity index (χ3v) is 2.67. The fraction of sp³-hybridized carbons (Fsp3) is 1.00. The van der Waals surface area contributed by atoms with Crippen LogP contribution in [0.2, 0.25) is 0 Å². The van der Waals surface area contributed by atoms with Crippen molar-refractivity contribution in [1.82, 2.24) is 0 Å². The lowest BCUT2D eigenvalue weighted by molar-refractivity contribution is -0.311. The zero-order valence-electron chi connectivity index (χ0n) is 20.2. The van der Waals surface area contributed by atoms with Crippen LogP contribution in [0.1, 0.15) is 59.8 Å². The van der Waals surface area contributed by atoms with Gasteiger partial charge in [0.15, 0.2) is 0 Å². The zero-order valence-corrected chi connectivity index (χ0v) is 20.2. The van der Waals surface area contributed by atoms with Gasteiger partial charge in [-0.25, -0.2) is 0 Å². The van der Waals surface area contributed by atoms with Gasteiger partial charge in [-0.2, -0.15) is 8.78 Å². The molecule has 10 heteroatoms. The van der Waals surface area contributed by atoms with Gasteiger partial charge in [-0.3, -0.25) is 4.74 Å². The third kappa shape index (κ3) is 106. The van der Waals surface area contributed by atoms with E-state index in [1.165, 1.54) is 25.7 Å². The minimum atomic E-state index is -4.46. The smallest absolute Gasteiger partial charge is 0.385 e. The second kappa shape index (κ2) is 35.9.